The zero-order valence-electron chi connectivity index (χ0n) is 13.0. The van der Waals surface area contributed by atoms with Crippen LogP contribution in [0.2, 0.25) is 0 Å². The van der Waals surface area contributed by atoms with Gasteiger partial charge in [-0.1, -0.05) is 12.1 Å². The third-order valence-corrected chi connectivity index (χ3v) is 4.25. The number of carbonyl (C=O) groups is 1. The maximum absolute atomic E-state index is 12.9. The number of benzene rings is 1. The first-order chi connectivity index (χ1) is 11.4. The number of hydrogen-bond donors (Lipinski definition) is 2. The van der Waals surface area contributed by atoms with Crippen LogP contribution in [0, 0.1) is 0 Å². The summed E-state index contributed by atoms with van der Waals surface area (Å²) in [7, 11) is 0. The molecule has 8 heteroatoms. The highest BCUT2D eigenvalue weighted by atomic mass is 19.4. The summed E-state index contributed by atoms with van der Waals surface area (Å²) in [6, 6.07) is 4.14. The van der Waals surface area contributed by atoms with Crippen molar-refractivity contribution in [2.24, 2.45) is 0 Å². The minimum Gasteiger partial charge on any atom is -0.347 e. The number of anilines is 1. The van der Waals surface area contributed by atoms with E-state index in [2.05, 4.69) is 10.6 Å². The van der Waals surface area contributed by atoms with Gasteiger partial charge in [0.25, 0.3) is 0 Å². The van der Waals surface area contributed by atoms with Gasteiger partial charge in [-0.3, -0.25) is 0 Å². The smallest absolute Gasteiger partial charge is 0.347 e. The highest BCUT2D eigenvalue weighted by Gasteiger charge is 2.43. The van der Waals surface area contributed by atoms with Crippen molar-refractivity contribution in [2.45, 2.75) is 43.8 Å². The Bertz CT molecular complexity index is 600. The van der Waals surface area contributed by atoms with Crippen molar-refractivity contribution in [3.8, 4) is 0 Å². The summed E-state index contributed by atoms with van der Waals surface area (Å²) in [5.74, 6) is -0.522. The second-order valence-corrected chi connectivity index (χ2v) is 6.05. The summed E-state index contributed by atoms with van der Waals surface area (Å²) in [6.07, 6.45) is -1.03. The van der Waals surface area contributed by atoms with Crippen LogP contribution in [0.5, 0.6) is 0 Å². The predicted molar refractivity (Wildman–Crippen MR) is 80.5 cm³/mol. The van der Waals surface area contributed by atoms with E-state index in [1.54, 1.807) is 0 Å². The van der Waals surface area contributed by atoms with Crippen LogP contribution < -0.4 is 10.6 Å². The van der Waals surface area contributed by atoms with E-state index in [9.17, 15) is 18.0 Å². The Morgan fingerprint density at radius 3 is 2.67 bits per heavy atom. The second kappa shape index (κ2) is 6.60. The fourth-order valence-electron chi connectivity index (χ4n) is 3.11. The first kappa shape index (κ1) is 17.0. The molecule has 0 radical (unpaired) electrons. The molecule has 1 saturated carbocycles. The summed E-state index contributed by atoms with van der Waals surface area (Å²) in [4.78, 5) is 11.9. The number of rotatable bonds is 3. The standard InChI is InChI=1S/C16H19F3N2O3/c17-16(18,19)12-5-1-2-6-13(12)21-14(22)20-9-11-10-23-15(24-11)7-3-4-8-15/h1-2,5-6,11H,3-4,7-10H2,(H2,20,21,22)/t11-/m0/s1. The SMILES string of the molecule is O=C(NC[C@H]1COC2(CCCC2)O1)Nc1ccccc1C(F)(F)F. The molecular weight excluding hydrogens is 325 g/mol. The molecule has 1 spiro atoms. The van der Waals surface area contributed by atoms with Crippen LogP contribution in [0.25, 0.3) is 0 Å². The van der Waals surface area contributed by atoms with E-state index in [0.29, 0.717) is 6.61 Å². The van der Waals surface area contributed by atoms with E-state index in [1.165, 1.54) is 18.2 Å². The molecule has 132 valence electrons. The normalized spacial score (nSPS) is 22.7. The molecule has 1 atom stereocenters. The van der Waals surface area contributed by atoms with Gasteiger partial charge in [0, 0.05) is 19.4 Å². The van der Waals surface area contributed by atoms with Gasteiger partial charge in [-0.25, -0.2) is 4.79 Å². The van der Waals surface area contributed by atoms with Gasteiger partial charge in [-0.05, 0) is 25.0 Å². The van der Waals surface area contributed by atoms with Gasteiger partial charge >= 0.3 is 12.2 Å². The second-order valence-electron chi connectivity index (χ2n) is 6.05. The van der Waals surface area contributed by atoms with Gasteiger partial charge in [-0.15, -0.1) is 0 Å². The predicted octanol–water partition coefficient (Wildman–Crippen LogP) is 3.51. The molecular formula is C16H19F3N2O3. The summed E-state index contributed by atoms with van der Waals surface area (Å²) in [5.41, 5.74) is -1.16. The van der Waals surface area contributed by atoms with Gasteiger partial charge in [0.1, 0.15) is 6.10 Å². The molecule has 5 nitrogen and oxygen atoms in total. The minimum atomic E-state index is -4.53. The lowest BCUT2D eigenvalue weighted by atomic mass is 10.1. The average molecular weight is 344 g/mol. The van der Waals surface area contributed by atoms with Crippen LogP contribution in [-0.4, -0.2) is 31.1 Å². The van der Waals surface area contributed by atoms with Crippen LogP contribution in [-0.2, 0) is 15.7 Å². The molecule has 0 aromatic heterocycles. The molecule has 1 heterocycles. The van der Waals surface area contributed by atoms with E-state index in [0.717, 1.165) is 31.7 Å². The van der Waals surface area contributed by atoms with Crippen LogP contribution in [0.1, 0.15) is 31.2 Å². The number of alkyl halides is 3. The molecule has 2 amide bonds. The van der Waals surface area contributed by atoms with Crippen molar-refractivity contribution >= 4 is 11.7 Å². The fourth-order valence-corrected chi connectivity index (χ4v) is 3.11. The number of urea groups is 1. The molecule has 3 rings (SSSR count). The summed E-state index contributed by atoms with van der Waals surface area (Å²) < 4.78 is 50.2. The number of nitrogens with one attached hydrogen (secondary N) is 2. The van der Waals surface area contributed by atoms with Gasteiger partial charge in [0.05, 0.1) is 17.9 Å². The number of carbonyl (C=O) groups excluding carboxylic acids is 1. The zero-order valence-corrected chi connectivity index (χ0v) is 13.0. The van der Waals surface area contributed by atoms with Crippen LogP contribution in [0.4, 0.5) is 23.7 Å². The van der Waals surface area contributed by atoms with Gasteiger partial charge in [-0.2, -0.15) is 13.2 Å². The maximum Gasteiger partial charge on any atom is 0.418 e. The van der Waals surface area contributed by atoms with Crippen molar-refractivity contribution in [3.05, 3.63) is 29.8 Å². The van der Waals surface area contributed by atoms with E-state index in [4.69, 9.17) is 9.47 Å². The fraction of sp³-hybridized carbons (Fsp3) is 0.562. The number of halogens is 3. The van der Waals surface area contributed by atoms with Crippen LogP contribution in [0.3, 0.4) is 0 Å². The molecule has 1 aromatic rings. The highest BCUT2D eigenvalue weighted by molar-refractivity contribution is 5.90. The van der Waals surface area contributed by atoms with E-state index < -0.39 is 23.6 Å². The number of amides is 2. The van der Waals surface area contributed by atoms with Crippen molar-refractivity contribution < 1.29 is 27.4 Å². The van der Waals surface area contributed by atoms with Crippen molar-refractivity contribution in [1.29, 1.82) is 0 Å². The zero-order chi connectivity index (χ0) is 17.2. The van der Waals surface area contributed by atoms with E-state index >= 15 is 0 Å². The number of hydrogen-bond acceptors (Lipinski definition) is 3. The Morgan fingerprint density at radius 1 is 1.25 bits per heavy atom. The first-order valence-corrected chi connectivity index (χ1v) is 7.91. The molecule has 2 aliphatic rings. The van der Waals surface area contributed by atoms with Gasteiger partial charge in [0.2, 0.25) is 0 Å². The quantitative estimate of drug-likeness (QED) is 0.882. The molecule has 1 aliphatic carbocycles. The van der Waals surface area contributed by atoms with Gasteiger partial charge < -0.3 is 20.1 Å². The summed E-state index contributed by atoms with van der Waals surface area (Å²) in [6.45, 7) is 0.557. The molecule has 1 aromatic carbocycles. The first-order valence-electron chi connectivity index (χ1n) is 7.91. The topological polar surface area (TPSA) is 59.6 Å². The van der Waals surface area contributed by atoms with E-state index in [-0.39, 0.29) is 18.3 Å². The maximum atomic E-state index is 12.9. The Hall–Kier alpha value is -1.80. The third-order valence-electron chi connectivity index (χ3n) is 4.25. The number of ether oxygens (including phenoxy) is 2. The molecule has 0 bridgehead atoms. The summed E-state index contributed by atoms with van der Waals surface area (Å²) >= 11 is 0. The molecule has 0 unspecified atom stereocenters. The van der Waals surface area contributed by atoms with Crippen molar-refractivity contribution in [1.82, 2.24) is 5.32 Å². The monoisotopic (exact) mass is 344 g/mol. The number of para-hydroxylation sites is 1. The Kier molecular flexibility index (Phi) is 4.69. The lowest BCUT2D eigenvalue weighted by Gasteiger charge is -2.22. The molecule has 2 N–H and O–H groups in total. The summed E-state index contributed by atoms with van der Waals surface area (Å²) in [5, 5.41) is 4.77. The van der Waals surface area contributed by atoms with Crippen LogP contribution in [0.15, 0.2) is 24.3 Å². The lowest BCUT2D eigenvalue weighted by Crippen LogP contribution is -2.37. The lowest BCUT2D eigenvalue weighted by molar-refractivity contribution is -0.160. The highest BCUT2D eigenvalue weighted by Crippen LogP contribution is 2.39. The van der Waals surface area contributed by atoms with Crippen molar-refractivity contribution in [2.75, 3.05) is 18.5 Å². The largest absolute Gasteiger partial charge is 0.418 e. The van der Waals surface area contributed by atoms with Crippen molar-refractivity contribution in [3.63, 3.8) is 0 Å². The Morgan fingerprint density at radius 2 is 1.96 bits per heavy atom. The Labute approximate surface area is 137 Å². The molecule has 2 fully saturated rings. The third kappa shape index (κ3) is 3.81. The molecule has 1 saturated heterocycles. The Balaban J connectivity index is 1.52. The molecule has 24 heavy (non-hydrogen) atoms. The minimum absolute atomic E-state index is 0.182. The average Bonchev–Trinajstić information content (AvgIpc) is 3.15. The van der Waals surface area contributed by atoms with E-state index in [1.807, 2.05) is 0 Å². The van der Waals surface area contributed by atoms with Gasteiger partial charge in [0.15, 0.2) is 5.79 Å². The van der Waals surface area contributed by atoms with Crippen LogP contribution >= 0.6 is 0 Å². The molecule has 1 aliphatic heterocycles.